The van der Waals surface area contributed by atoms with Gasteiger partial charge in [-0.3, -0.25) is 0 Å². The van der Waals surface area contributed by atoms with Gasteiger partial charge in [0.1, 0.15) is 11.2 Å². The van der Waals surface area contributed by atoms with Crippen LogP contribution in [0, 0.1) is 0 Å². The summed E-state index contributed by atoms with van der Waals surface area (Å²) in [6.45, 7) is 9.52. The molecular weight excluding hydrogens is 655 g/mol. The molecule has 54 heavy (non-hydrogen) atoms. The molecule has 0 saturated carbocycles. The van der Waals surface area contributed by atoms with Crippen LogP contribution in [0.2, 0.25) is 0 Å². The van der Waals surface area contributed by atoms with E-state index in [1.165, 1.54) is 66.7 Å². The Bertz CT molecular complexity index is 3000. The molecule has 0 saturated heterocycles. The molecule has 2 aliphatic rings. The number of benzene rings is 8. The maximum Gasteiger partial charge on any atom is 0.143 e. The number of fused-ring (bicyclic) bond motifs is 11. The molecule has 11 rings (SSSR count). The minimum Gasteiger partial charge on any atom is -0.455 e. The Kier molecular flexibility index (Phi) is 6.39. The zero-order valence-electron chi connectivity index (χ0n) is 30.9. The van der Waals surface area contributed by atoms with E-state index in [0.29, 0.717) is 0 Å². The molecule has 0 aliphatic heterocycles. The van der Waals surface area contributed by atoms with E-state index < -0.39 is 0 Å². The normalized spacial score (nSPS) is 14.6. The Morgan fingerprint density at radius 3 is 1.83 bits per heavy atom. The van der Waals surface area contributed by atoms with Crippen molar-refractivity contribution in [2.45, 2.75) is 38.5 Å². The molecule has 1 aromatic heterocycles. The van der Waals surface area contributed by atoms with Gasteiger partial charge in [-0.2, -0.15) is 0 Å². The molecule has 2 nitrogen and oxygen atoms in total. The second-order valence-electron chi connectivity index (χ2n) is 16.1. The van der Waals surface area contributed by atoms with Gasteiger partial charge in [-0.25, -0.2) is 0 Å². The number of para-hydroxylation sites is 2. The molecular formula is C52H39NO. The number of furan rings is 1. The van der Waals surface area contributed by atoms with Crippen LogP contribution in [-0.4, -0.2) is 0 Å². The molecule has 0 spiro atoms. The fourth-order valence-corrected chi connectivity index (χ4v) is 9.91. The third-order valence-electron chi connectivity index (χ3n) is 12.4. The number of hydrogen-bond donors (Lipinski definition) is 0. The Morgan fingerprint density at radius 2 is 1.04 bits per heavy atom. The van der Waals surface area contributed by atoms with Crippen molar-refractivity contribution in [3.63, 3.8) is 0 Å². The van der Waals surface area contributed by atoms with Gasteiger partial charge in [0.2, 0.25) is 0 Å². The van der Waals surface area contributed by atoms with Crippen molar-refractivity contribution in [1.82, 2.24) is 0 Å². The fraction of sp³-hybridized carbons (Fsp3) is 0.115. The molecule has 2 aliphatic carbocycles. The number of rotatable bonds is 4. The lowest BCUT2D eigenvalue weighted by Crippen LogP contribution is -2.17. The van der Waals surface area contributed by atoms with E-state index >= 15 is 0 Å². The average molecular weight is 694 g/mol. The first kappa shape index (κ1) is 31.2. The maximum absolute atomic E-state index is 6.49. The molecule has 0 bridgehead atoms. The van der Waals surface area contributed by atoms with Crippen molar-refractivity contribution in [3.05, 3.63) is 186 Å². The summed E-state index contributed by atoms with van der Waals surface area (Å²) in [5, 5.41) is 4.85. The molecule has 0 radical (unpaired) electrons. The van der Waals surface area contributed by atoms with E-state index in [-0.39, 0.29) is 10.8 Å². The molecule has 258 valence electrons. The minimum absolute atomic E-state index is 0.122. The predicted octanol–water partition coefficient (Wildman–Crippen LogP) is 14.5. The van der Waals surface area contributed by atoms with Gasteiger partial charge < -0.3 is 9.32 Å². The summed E-state index contributed by atoms with van der Waals surface area (Å²) in [4.78, 5) is 2.55. The smallest absolute Gasteiger partial charge is 0.143 e. The molecule has 0 amide bonds. The molecule has 8 aromatic carbocycles. The first-order valence-electron chi connectivity index (χ1n) is 19.0. The monoisotopic (exact) mass is 693 g/mol. The van der Waals surface area contributed by atoms with Crippen LogP contribution in [0.1, 0.15) is 49.9 Å². The van der Waals surface area contributed by atoms with Crippen molar-refractivity contribution in [2.24, 2.45) is 0 Å². The highest BCUT2D eigenvalue weighted by atomic mass is 16.3. The lowest BCUT2D eigenvalue weighted by Gasteiger charge is -2.32. The first-order chi connectivity index (χ1) is 26.3. The van der Waals surface area contributed by atoms with Crippen molar-refractivity contribution in [3.8, 4) is 33.4 Å². The SMILES string of the molecule is CC1(C)c2ccccc2-c2c(N(c3ccc(-c4cccc5c4oc4ccccc45)cc3)c3cc4ccccc4c4c3-c3ccccc3C4(C)C)cccc21. The molecule has 0 fully saturated rings. The van der Waals surface area contributed by atoms with Crippen molar-refractivity contribution < 1.29 is 4.42 Å². The number of anilines is 3. The summed E-state index contributed by atoms with van der Waals surface area (Å²) in [6.07, 6.45) is 0. The third-order valence-corrected chi connectivity index (χ3v) is 12.4. The Morgan fingerprint density at radius 1 is 0.444 bits per heavy atom. The second-order valence-corrected chi connectivity index (χ2v) is 16.1. The van der Waals surface area contributed by atoms with Gasteiger partial charge in [0.05, 0.1) is 11.4 Å². The van der Waals surface area contributed by atoms with Crippen molar-refractivity contribution in [2.75, 3.05) is 4.90 Å². The van der Waals surface area contributed by atoms with E-state index in [0.717, 1.165) is 38.8 Å². The van der Waals surface area contributed by atoms with Gasteiger partial charge in [0, 0.05) is 44.0 Å². The Hall–Kier alpha value is -6.38. The van der Waals surface area contributed by atoms with Gasteiger partial charge >= 0.3 is 0 Å². The van der Waals surface area contributed by atoms with E-state index in [2.05, 4.69) is 190 Å². The van der Waals surface area contributed by atoms with Crippen LogP contribution >= 0.6 is 0 Å². The molecule has 9 aromatic rings. The summed E-state index contributed by atoms with van der Waals surface area (Å²) >= 11 is 0. The predicted molar refractivity (Wildman–Crippen MR) is 226 cm³/mol. The van der Waals surface area contributed by atoms with Gasteiger partial charge in [0.15, 0.2) is 0 Å². The highest BCUT2D eigenvalue weighted by Gasteiger charge is 2.41. The summed E-state index contributed by atoms with van der Waals surface area (Å²) in [6, 6.07) is 60.2. The standard InChI is InChI=1S/C52H39NO/c1-51(2)41-22-10-7-18-39(41)47-43(51)24-14-25-44(47)53(34-29-27-32(28-30-34)36-20-13-21-38-37-17-9-12-26-46(37)54-50(36)38)45-31-33-15-5-6-16-35(33)49-48(45)40-19-8-11-23-42(40)52(49,3)4/h5-31H,1-4H3. The van der Waals surface area contributed by atoms with Crippen LogP contribution in [0.3, 0.4) is 0 Å². The first-order valence-corrected chi connectivity index (χ1v) is 19.0. The van der Waals surface area contributed by atoms with Gasteiger partial charge in [-0.15, -0.1) is 0 Å². The van der Waals surface area contributed by atoms with Crippen LogP contribution in [0.15, 0.2) is 168 Å². The van der Waals surface area contributed by atoms with E-state index in [1.54, 1.807) is 0 Å². The minimum atomic E-state index is -0.171. The zero-order valence-corrected chi connectivity index (χ0v) is 30.9. The van der Waals surface area contributed by atoms with E-state index in [1.807, 2.05) is 6.07 Å². The van der Waals surface area contributed by atoms with Gasteiger partial charge in [-0.1, -0.05) is 161 Å². The van der Waals surface area contributed by atoms with Crippen LogP contribution in [0.25, 0.3) is 66.1 Å². The van der Waals surface area contributed by atoms with Crippen molar-refractivity contribution in [1.29, 1.82) is 0 Å². The number of nitrogens with zero attached hydrogens (tertiary/aromatic N) is 1. The molecule has 0 N–H and O–H groups in total. The molecule has 1 heterocycles. The highest BCUT2D eigenvalue weighted by Crippen LogP contribution is 2.59. The largest absolute Gasteiger partial charge is 0.455 e. The molecule has 0 atom stereocenters. The summed E-state index contributed by atoms with van der Waals surface area (Å²) in [5.74, 6) is 0. The molecule has 2 heteroatoms. The lowest BCUT2D eigenvalue weighted by atomic mass is 9.80. The third kappa shape index (κ3) is 4.17. The van der Waals surface area contributed by atoms with Crippen LogP contribution in [0.4, 0.5) is 17.1 Å². The van der Waals surface area contributed by atoms with E-state index in [9.17, 15) is 0 Å². The highest BCUT2D eigenvalue weighted by molar-refractivity contribution is 6.10. The summed E-state index contributed by atoms with van der Waals surface area (Å²) in [5.41, 5.74) is 18.0. The number of hydrogen-bond acceptors (Lipinski definition) is 2. The van der Waals surface area contributed by atoms with E-state index in [4.69, 9.17) is 4.42 Å². The average Bonchev–Trinajstić information content (AvgIpc) is 3.79. The fourth-order valence-electron chi connectivity index (χ4n) is 9.91. The van der Waals surface area contributed by atoms with Crippen LogP contribution in [-0.2, 0) is 10.8 Å². The Labute approximate surface area is 315 Å². The maximum atomic E-state index is 6.49. The van der Waals surface area contributed by atoms with Gasteiger partial charge in [0.25, 0.3) is 0 Å². The Balaban J connectivity index is 1.20. The van der Waals surface area contributed by atoms with Gasteiger partial charge in [-0.05, 0) is 80.0 Å². The van der Waals surface area contributed by atoms with Crippen molar-refractivity contribution >= 4 is 49.8 Å². The van der Waals surface area contributed by atoms with Crippen LogP contribution < -0.4 is 4.90 Å². The quantitative estimate of drug-likeness (QED) is 0.182. The lowest BCUT2D eigenvalue weighted by molar-refractivity contribution is 0.660. The van der Waals surface area contributed by atoms with Crippen LogP contribution in [0.5, 0.6) is 0 Å². The molecule has 0 unspecified atom stereocenters. The summed E-state index contributed by atoms with van der Waals surface area (Å²) < 4.78 is 6.49. The summed E-state index contributed by atoms with van der Waals surface area (Å²) in [7, 11) is 0. The second kappa shape index (κ2) is 11.1. The topological polar surface area (TPSA) is 16.4 Å². The zero-order chi connectivity index (χ0) is 36.3.